The van der Waals surface area contributed by atoms with Crippen molar-refractivity contribution in [2.75, 3.05) is 12.8 Å². The molecule has 2 rings (SSSR count). The fourth-order valence-electron chi connectivity index (χ4n) is 2.85. The van der Waals surface area contributed by atoms with Crippen molar-refractivity contribution in [2.45, 2.75) is 50.5 Å². The number of aromatic nitrogens is 1. The van der Waals surface area contributed by atoms with Crippen molar-refractivity contribution >= 4 is 11.6 Å². The Kier molecular flexibility index (Phi) is 4.53. The number of methoxy groups -OCH3 is 1. The number of hydrogen-bond acceptors (Lipinski definition) is 4. The molecule has 0 bridgehead atoms. The number of anilines is 1. The summed E-state index contributed by atoms with van der Waals surface area (Å²) >= 11 is 0. The van der Waals surface area contributed by atoms with Crippen LogP contribution in [-0.4, -0.2) is 23.5 Å². The number of nitrogens with two attached hydrogens (primary N) is 1. The van der Waals surface area contributed by atoms with Crippen molar-refractivity contribution in [2.24, 2.45) is 0 Å². The molecule has 104 valence electrons. The van der Waals surface area contributed by atoms with E-state index >= 15 is 0 Å². The maximum absolute atomic E-state index is 12.6. The molecule has 0 amide bonds. The molecular formula is C15H22N2O2. The van der Waals surface area contributed by atoms with Crippen LogP contribution in [0.5, 0.6) is 0 Å². The summed E-state index contributed by atoms with van der Waals surface area (Å²) in [6.07, 6.45) is 8.22. The van der Waals surface area contributed by atoms with E-state index in [1.54, 1.807) is 19.4 Å². The molecule has 1 aliphatic carbocycles. The van der Waals surface area contributed by atoms with Crippen LogP contribution in [-0.2, 0) is 16.0 Å². The molecule has 0 spiro atoms. The lowest BCUT2D eigenvalue weighted by Crippen LogP contribution is -2.41. The maximum atomic E-state index is 12.6. The van der Waals surface area contributed by atoms with E-state index in [9.17, 15) is 4.79 Å². The van der Waals surface area contributed by atoms with Crippen LogP contribution in [0, 0.1) is 0 Å². The number of carbonyl (C=O) groups excluding carboxylic acids is 1. The summed E-state index contributed by atoms with van der Waals surface area (Å²) in [5, 5.41) is 0. The van der Waals surface area contributed by atoms with Crippen LogP contribution < -0.4 is 5.73 Å². The average molecular weight is 262 g/mol. The SMILES string of the molecule is COC1(C(=O)Cc2ccnc(N)c2)CCCCCC1. The summed E-state index contributed by atoms with van der Waals surface area (Å²) in [7, 11) is 1.66. The second-order valence-corrected chi connectivity index (χ2v) is 5.30. The number of nitrogens with zero attached hydrogens (tertiary/aromatic N) is 1. The van der Waals surface area contributed by atoms with E-state index < -0.39 is 5.60 Å². The predicted molar refractivity (Wildman–Crippen MR) is 74.8 cm³/mol. The first-order chi connectivity index (χ1) is 9.16. The molecule has 0 saturated heterocycles. The number of pyridine rings is 1. The highest BCUT2D eigenvalue weighted by atomic mass is 16.5. The first-order valence-corrected chi connectivity index (χ1v) is 6.95. The number of ketones is 1. The first kappa shape index (κ1) is 14.0. The first-order valence-electron chi connectivity index (χ1n) is 6.95. The van der Waals surface area contributed by atoms with Crippen molar-refractivity contribution in [3.8, 4) is 0 Å². The lowest BCUT2D eigenvalue weighted by atomic mass is 9.86. The van der Waals surface area contributed by atoms with E-state index in [0.29, 0.717) is 12.2 Å². The Morgan fingerprint density at radius 3 is 2.63 bits per heavy atom. The third-order valence-corrected chi connectivity index (χ3v) is 4.02. The van der Waals surface area contributed by atoms with Gasteiger partial charge in [0.05, 0.1) is 0 Å². The Hall–Kier alpha value is -1.42. The summed E-state index contributed by atoms with van der Waals surface area (Å²) < 4.78 is 5.63. The molecule has 2 N–H and O–H groups in total. The van der Waals surface area contributed by atoms with Gasteiger partial charge in [0.15, 0.2) is 5.78 Å². The summed E-state index contributed by atoms with van der Waals surface area (Å²) in [5.74, 6) is 0.625. The Bertz CT molecular complexity index is 438. The van der Waals surface area contributed by atoms with Gasteiger partial charge in [-0.2, -0.15) is 0 Å². The van der Waals surface area contributed by atoms with E-state index in [4.69, 9.17) is 10.5 Å². The standard InChI is InChI=1S/C15H22N2O2/c1-19-15(7-4-2-3-5-8-15)13(18)10-12-6-9-17-14(16)11-12/h6,9,11H,2-5,7-8,10H2,1H3,(H2,16,17). The Labute approximate surface area is 114 Å². The molecule has 0 radical (unpaired) electrons. The van der Waals surface area contributed by atoms with E-state index in [1.165, 1.54) is 12.8 Å². The molecule has 0 aliphatic heterocycles. The van der Waals surface area contributed by atoms with Crippen molar-refractivity contribution < 1.29 is 9.53 Å². The zero-order valence-corrected chi connectivity index (χ0v) is 11.5. The minimum Gasteiger partial charge on any atom is -0.384 e. The summed E-state index contributed by atoms with van der Waals surface area (Å²) in [6.45, 7) is 0. The molecule has 1 heterocycles. The van der Waals surface area contributed by atoms with Crippen LogP contribution in [0.1, 0.15) is 44.1 Å². The lowest BCUT2D eigenvalue weighted by molar-refractivity contribution is -0.142. The quantitative estimate of drug-likeness (QED) is 0.847. The van der Waals surface area contributed by atoms with Crippen LogP contribution >= 0.6 is 0 Å². The Morgan fingerprint density at radius 1 is 1.37 bits per heavy atom. The normalized spacial score (nSPS) is 18.8. The van der Waals surface area contributed by atoms with Crippen molar-refractivity contribution in [3.63, 3.8) is 0 Å². The van der Waals surface area contributed by atoms with Gasteiger partial charge in [0.2, 0.25) is 0 Å². The molecule has 4 heteroatoms. The van der Waals surface area contributed by atoms with Gasteiger partial charge in [-0.1, -0.05) is 25.7 Å². The minimum atomic E-state index is -0.589. The third kappa shape index (κ3) is 3.32. The van der Waals surface area contributed by atoms with E-state index in [2.05, 4.69) is 4.98 Å². The summed E-state index contributed by atoms with van der Waals surface area (Å²) in [5.41, 5.74) is 5.98. The van der Waals surface area contributed by atoms with Crippen LogP contribution in [0.3, 0.4) is 0 Å². The van der Waals surface area contributed by atoms with Crippen molar-refractivity contribution in [3.05, 3.63) is 23.9 Å². The van der Waals surface area contributed by atoms with Crippen LogP contribution in [0.4, 0.5) is 5.82 Å². The number of hydrogen-bond donors (Lipinski definition) is 1. The van der Waals surface area contributed by atoms with Crippen molar-refractivity contribution in [1.29, 1.82) is 0 Å². The number of Topliss-reactive ketones (excluding diaryl/α,β-unsaturated/α-hetero) is 1. The number of nitrogen functional groups attached to an aromatic ring is 1. The molecule has 1 aromatic heterocycles. The average Bonchev–Trinajstić information content (AvgIpc) is 2.65. The predicted octanol–water partition coefficient (Wildman–Crippen LogP) is 2.51. The highest BCUT2D eigenvalue weighted by Crippen LogP contribution is 2.31. The molecule has 0 atom stereocenters. The molecular weight excluding hydrogens is 240 g/mol. The highest BCUT2D eigenvalue weighted by Gasteiger charge is 2.37. The summed E-state index contributed by atoms with van der Waals surface area (Å²) in [4.78, 5) is 16.5. The molecule has 0 unspecified atom stereocenters. The van der Waals surface area contributed by atoms with E-state index in [1.807, 2.05) is 6.07 Å². The van der Waals surface area contributed by atoms with Gasteiger partial charge in [-0.15, -0.1) is 0 Å². The van der Waals surface area contributed by atoms with Crippen molar-refractivity contribution in [1.82, 2.24) is 4.98 Å². The van der Waals surface area contributed by atoms with Gasteiger partial charge in [0, 0.05) is 19.7 Å². The molecule has 0 aromatic carbocycles. The van der Waals surface area contributed by atoms with Crippen LogP contribution in [0.15, 0.2) is 18.3 Å². The maximum Gasteiger partial charge on any atom is 0.168 e. The van der Waals surface area contributed by atoms with Gasteiger partial charge in [0.25, 0.3) is 0 Å². The molecule has 4 nitrogen and oxygen atoms in total. The fourth-order valence-corrected chi connectivity index (χ4v) is 2.85. The van der Waals surface area contributed by atoms with Gasteiger partial charge in [-0.25, -0.2) is 4.98 Å². The Morgan fingerprint density at radius 2 is 2.05 bits per heavy atom. The second kappa shape index (κ2) is 6.15. The van der Waals surface area contributed by atoms with E-state index in [-0.39, 0.29) is 5.78 Å². The zero-order valence-electron chi connectivity index (χ0n) is 11.5. The third-order valence-electron chi connectivity index (χ3n) is 4.02. The van der Waals surface area contributed by atoms with Gasteiger partial charge >= 0.3 is 0 Å². The molecule has 1 fully saturated rings. The number of rotatable bonds is 4. The van der Waals surface area contributed by atoms with Gasteiger partial charge in [0.1, 0.15) is 11.4 Å². The fraction of sp³-hybridized carbons (Fsp3) is 0.600. The van der Waals surface area contributed by atoms with Crippen LogP contribution in [0.25, 0.3) is 0 Å². The smallest absolute Gasteiger partial charge is 0.168 e. The van der Waals surface area contributed by atoms with Gasteiger partial charge < -0.3 is 10.5 Å². The summed E-state index contributed by atoms with van der Waals surface area (Å²) in [6, 6.07) is 3.60. The number of ether oxygens (including phenoxy) is 1. The van der Waals surface area contributed by atoms with Crippen LogP contribution in [0.2, 0.25) is 0 Å². The molecule has 1 saturated carbocycles. The Balaban J connectivity index is 2.12. The van der Waals surface area contributed by atoms with Gasteiger partial charge in [-0.05, 0) is 30.5 Å². The minimum absolute atomic E-state index is 0.169. The monoisotopic (exact) mass is 262 g/mol. The number of carbonyl (C=O) groups is 1. The topological polar surface area (TPSA) is 65.2 Å². The largest absolute Gasteiger partial charge is 0.384 e. The molecule has 1 aliphatic rings. The lowest BCUT2D eigenvalue weighted by Gasteiger charge is -2.29. The molecule has 1 aromatic rings. The van der Waals surface area contributed by atoms with Gasteiger partial charge in [-0.3, -0.25) is 4.79 Å². The highest BCUT2D eigenvalue weighted by molar-refractivity contribution is 5.89. The zero-order chi connectivity index (χ0) is 13.7. The van der Waals surface area contributed by atoms with E-state index in [0.717, 1.165) is 31.2 Å². The molecule has 19 heavy (non-hydrogen) atoms. The second-order valence-electron chi connectivity index (χ2n) is 5.30.